The molecule has 0 aliphatic carbocycles. The smallest absolute Gasteiger partial charge is 0.311 e. The summed E-state index contributed by atoms with van der Waals surface area (Å²) in [5.74, 6) is -6.83. The van der Waals surface area contributed by atoms with Crippen molar-refractivity contribution < 1.29 is 84.7 Å². The number of carbonyl (C=O) groups is 2. The number of carbonyl (C=O) groups excluding carboxylic acids is 1. The molecule has 4 fully saturated rings. The summed E-state index contributed by atoms with van der Waals surface area (Å²) in [6, 6.07) is -0.817. The average Bonchev–Trinajstić information content (AvgIpc) is 1.62. The molecule has 0 aromatic rings. The van der Waals surface area contributed by atoms with E-state index in [0.29, 0.717) is 13.1 Å². The van der Waals surface area contributed by atoms with E-state index in [9.17, 15) is 65.8 Å². The number of aliphatic hydroxyl groups is 10. The van der Waals surface area contributed by atoms with Crippen LogP contribution in [-0.4, -0.2) is 282 Å². The second-order valence-electron chi connectivity index (χ2n) is 24.7. The van der Waals surface area contributed by atoms with Crippen LogP contribution < -0.4 is 0 Å². The van der Waals surface area contributed by atoms with Gasteiger partial charge in [0.25, 0.3) is 0 Å². The molecule has 22 nitrogen and oxygen atoms in total. The van der Waals surface area contributed by atoms with Crippen molar-refractivity contribution in [2.24, 2.45) is 17.8 Å². The maximum absolute atomic E-state index is 13.0. The summed E-state index contributed by atoms with van der Waals surface area (Å²) in [6.07, 6.45) is 3.90. The van der Waals surface area contributed by atoms with Gasteiger partial charge in [-0.25, -0.2) is 0 Å². The van der Waals surface area contributed by atoms with Crippen LogP contribution in [0.2, 0.25) is 0 Å². The maximum atomic E-state index is 13.0. The lowest BCUT2D eigenvalue weighted by molar-refractivity contribution is -0.313. The Balaban J connectivity index is 1.38. The molecule has 5 rings (SSSR count). The number of esters is 1. The molecule has 5 aliphatic rings. The van der Waals surface area contributed by atoms with Crippen molar-refractivity contribution in [3.63, 3.8) is 0 Å². The largest absolute Gasteiger partial charge is 0.481 e. The van der Waals surface area contributed by atoms with Gasteiger partial charge in [0.15, 0.2) is 12.1 Å². The molecule has 5 aliphatic heterocycles. The first-order valence-electron chi connectivity index (χ1n) is 31.9. The number of allylic oxidation sites excluding steroid dienone is 10. The number of likely N-dealkylation sites (N-methyl/N-ethyl adjacent to an activating group) is 2. The molecule has 0 aromatic carbocycles. The van der Waals surface area contributed by atoms with Crippen molar-refractivity contribution in [3.8, 4) is 0 Å². The summed E-state index contributed by atoms with van der Waals surface area (Å²) >= 11 is 0. The van der Waals surface area contributed by atoms with Gasteiger partial charge in [0.05, 0.1) is 79.6 Å². The number of carboxylic acid groups (broad SMARTS) is 1. The minimum Gasteiger partial charge on any atom is -0.481 e. The monoisotopic (exact) mass is 1220 g/mol. The highest BCUT2D eigenvalue weighted by Gasteiger charge is 2.52. The highest BCUT2D eigenvalue weighted by atomic mass is 16.7. The SMILES string of the molecule is CCN1CCN(CCCN(CCN2CCN(CC)CC2)[C@@H]2[C@H](O)[C@@H](O[C@H]3/C=C/C=C/C=C/C=C/CC/C=C/C=C/[C@H](C)[C@@H](O)[C@@H](C)[C@H](C)OC(=O)C[C@H](O)C[C@H](O)C[C@H](O)CC[C@@H](O)[C@H](O)C[C@]4(O)C[C@H](O)[C@@H](C(=O)O)[C@H](C3)O4)O[C@H](C)[C@H]2O)CC1. The maximum Gasteiger partial charge on any atom is 0.311 e. The van der Waals surface area contributed by atoms with Gasteiger partial charge in [-0.05, 0) is 85.0 Å². The fourth-order valence-electron chi connectivity index (χ4n) is 12.3. The molecule has 0 aromatic heterocycles. The van der Waals surface area contributed by atoms with Gasteiger partial charge < -0.3 is 89.8 Å². The predicted molar refractivity (Wildman–Crippen MR) is 326 cm³/mol. The van der Waals surface area contributed by atoms with Crippen molar-refractivity contribution in [1.29, 1.82) is 0 Å². The number of piperazine rings is 2. The first kappa shape index (κ1) is 73.4. The molecule has 11 N–H and O–H groups in total. The molecule has 0 spiro atoms. The van der Waals surface area contributed by atoms with Gasteiger partial charge in [0, 0.05) is 96.5 Å². The van der Waals surface area contributed by atoms with E-state index in [0.717, 1.165) is 97.8 Å². The topological polar surface area (TPSA) is 310 Å². The van der Waals surface area contributed by atoms with Crippen LogP contribution in [0.1, 0.15) is 112 Å². The standard InChI is InChI=1S/C64H109N5O17/c1-7-65-28-32-67(33-29-65)26-21-27-69(37-36-68-34-30-66(8-2)31-35-68)58-60(78)47(6)84-63(61(58)79)85-51-23-20-18-16-14-12-10-9-11-13-15-17-19-22-44(3)59(77)45(4)46(5)83-56(76)40-50(72)39-49(71)38-48(70)24-25-52(73)53(74)42-64(82)43-54(75)57(62(80)81)55(41-51)86-64/h9-10,12,14-20,22-23,44-55,57-61,63,70-75,77-79,82H,7-8,11,13,21,24-43H2,1-6H3,(H,80,81)/b10-9+,14-12+,17-15+,18-16+,22-19+,23-20+/t44-,45-,46-,47+,48+,49+,50+,51-,52+,53+,54-,55-,57+,58-,59+,60+,61-,63+,64+/m0/s1. The molecule has 2 bridgehead atoms. The van der Waals surface area contributed by atoms with Gasteiger partial charge in [-0.1, -0.05) is 101 Å². The van der Waals surface area contributed by atoms with E-state index in [1.165, 1.54) is 0 Å². The third-order valence-electron chi connectivity index (χ3n) is 18.0. The Morgan fingerprint density at radius 1 is 0.628 bits per heavy atom. The van der Waals surface area contributed by atoms with Gasteiger partial charge >= 0.3 is 11.9 Å². The number of fused-ring (bicyclic) bond motifs is 2. The molecule has 19 atom stereocenters. The number of hydrogen-bond acceptors (Lipinski definition) is 21. The van der Waals surface area contributed by atoms with Crippen LogP contribution in [0.25, 0.3) is 0 Å². The number of ether oxygens (including phenoxy) is 4. The van der Waals surface area contributed by atoms with E-state index < -0.39 is 141 Å². The summed E-state index contributed by atoms with van der Waals surface area (Å²) in [4.78, 5) is 37.6. The average molecular weight is 1220 g/mol. The first-order valence-corrected chi connectivity index (χ1v) is 31.9. The van der Waals surface area contributed by atoms with Crippen molar-refractivity contribution in [2.75, 3.05) is 91.6 Å². The van der Waals surface area contributed by atoms with Gasteiger partial charge in [0.2, 0.25) is 0 Å². The normalized spacial score (nSPS) is 40.3. The van der Waals surface area contributed by atoms with E-state index in [-0.39, 0.29) is 38.0 Å². The summed E-state index contributed by atoms with van der Waals surface area (Å²) in [5, 5.41) is 124. The van der Waals surface area contributed by atoms with Crippen LogP contribution in [-0.2, 0) is 28.5 Å². The highest BCUT2D eigenvalue weighted by Crippen LogP contribution is 2.39. The van der Waals surface area contributed by atoms with Crippen LogP contribution in [0.4, 0.5) is 0 Å². The molecule has 0 amide bonds. The molecule has 0 unspecified atom stereocenters. The number of cyclic esters (lactones) is 1. The second kappa shape index (κ2) is 37.7. The Labute approximate surface area is 511 Å². The number of aliphatic carboxylic acids is 1. The molecule has 0 radical (unpaired) electrons. The van der Waals surface area contributed by atoms with E-state index in [4.69, 9.17) is 18.9 Å². The summed E-state index contributed by atoms with van der Waals surface area (Å²) in [6.45, 7) is 23.7. The van der Waals surface area contributed by atoms with E-state index in [1.54, 1.807) is 45.1 Å². The molecule has 86 heavy (non-hydrogen) atoms. The van der Waals surface area contributed by atoms with Gasteiger partial charge in [-0.3, -0.25) is 19.4 Å². The lowest BCUT2D eigenvalue weighted by Crippen LogP contribution is -2.65. The third kappa shape index (κ3) is 24.5. The highest BCUT2D eigenvalue weighted by molar-refractivity contribution is 5.71. The Bertz CT molecular complexity index is 2140. The second-order valence-corrected chi connectivity index (χ2v) is 24.7. The molecule has 492 valence electrons. The van der Waals surface area contributed by atoms with Crippen LogP contribution in [0, 0.1) is 17.8 Å². The van der Waals surface area contributed by atoms with Crippen LogP contribution in [0.5, 0.6) is 0 Å². The third-order valence-corrected chi connectivity index (χ3v) is 18.0. The Kier molecular flexibility index (Phi) is 32.2. The zero-order valence-electron chi connectivity index (χ0n) is 52.1. The number of aliphatic hydroxyl groups excluding tert-OH is 9. The molecular weight excluding hydrogens is 1110 g/mol. The Hall–Kier alpha value is -3.34. The first-order chi connectivity index (χ1) is 41.0. The van der Waals surface area contributed by atoms with Crippen molar-refractivity contribution >= 4 is 11.9 Å². The van der Waals surface area contributed by atoms with Gasteiger partial charge in [0.1, 0.15) is 18.1 Å². The molecule has 22 heteroatoms. The number of hydrogen-bond donors (Lipinski definition) is 11. The molecule has 5 heterocycles. The summed E-state index contributed by atoms with van der Waals surface area (Å²) < 4.78 is 24.6. The van der Waals surface area contributed by atoms with Crippen molar-refractivity contribution in [3.05, 3.63) is 72.9 Å². The van der Waals surface area contributed by atoms with Crippen molar-refractivity contribution in [1.82, 2.24) is 24.5 Å². The number of carboxylic acids is 1. The van der Waals surface area contributed by atoms with Crippen LogP contribution in [0.15, 0.2) is 72.9 Å². The predicted octanol–water partition coefficient (Wildman–Crippen LogP) is 1.94. The lowest BCUT2D eigenvalue weighted by atomic mass is 9.82. The van der Waals surface area contributed by atoms with Crippen LogP contribution >= 0.6 is 0 Å². The van der Waals surface area contributed by atoms with Crippen molar-refractivity contribution in [2.45, 2.75) is 210 Å². The molecular formula is C64H109N5O17. The Morgan fingerprint density at radius 3 is 1.81 bits per heavy atom. The fourth-order valence-corrected chi connectivity index (χ4v) is 12.3. The number of nitrogens with zero attached hydrogens (tertiary/aromatic N) is 5. The minimum atomic E-state index is -2.37. The van der Waals surface area contributed by atoms with E-state index in [1.807, 2.05) is 55.5 Å². The molecule has 0 saturated carbocycles. The zero-order valence-corrected chi connectivity index (χ0v) is 52.1. The fraction of sp³-hybridized carbons (Fsp3) is 0.781. The number of rotatable bonds is 13. The quantitative estimate of drug-likeness (QED) is 0.117. The summed E-state index contributed by atoms with van der Waals surface area (Å²) in [7, 11) is 0. The molecule has 4 saturated heterocycles. The van der Waals surface area contributed by atoms with E-state index >= 15 is 0 Å². The van der Waals surface area contributed by atoms with E-state index in [2.05, 4.69) is 38.3 Å². The zero-order chi connectivity index (χ0) is 62.9. The summed E-state index contributed by atoms with van der Waals surface area (Å²) in [5.41, 5.74) is 0. The van der Waals surface area contributed by atoms with Crippen LogP contribution in [0.3, 0.4) is 0 Å². The van der Waals surface area contributed by atoms with Gasteiger partial charge in [-0.15, -0.1) is 0 Å². The van der Waals surface area contributed by atoms with Gasteiger partial charge in [-0.2, -0.15) is 0 Å². The minimum absolute atomic E-state index is 0.136. The Morgan fingerprint density at radius 2 is 1.19 bits per heavy atom. The lowest BCUT2D eigenvalue weighted by Gasteiger charge is -2.48.